The van der Waals surface area contributed by atoms with E-state index in [-0.39, 0.29) is 29.5 Å². The number of nitrogens with zero attached hydrogens (tertiary/aromatic N) is 5. The van der Waals surface area contributed by atoms with Crippen molar-refractivity contribution < 1.29 is 43.0 Å². The Morgan fingerprint density at radius 1 is 0.732 bits per heavy atom. The minimum atomic E-state index is -1.02. The lowest BCUT2D eigenvalue weighted by molar-refractivity contribution is -0.136. The van der Waals surface area contributed by atoms with Gasteiger partial charge in [0.1, 0.15) is 6.04 Å². The zero-order valence-corrected chi connectivity index (χ0v) is 39.3. The van der Waals surface area contributed by atoms with Gasteiger partial charge in [-0.15, -0.1) is 0 Å². The molecule has 1 atom stereocenters. The third-order valence-corrected chi connectivity index (χ3v) is 12.9. The third-order valence-electron chi connectivity index (χ3n) is 12.9. The molecule has 4 aliphatic rings. The molecule has 5 aromatic rings. The van der Waals surface area contributed by atoms with Crippen LogP contribution in [0.1, 0.15) is 64.1 Å². The summed E-state index contributed by atoms with van der Waals surface area (Å²) in [6.45, 7) is 7.76. The normalized spacial score (nSPS) is 17.7. The molecule has 20 nitrogen and oxygen atoms in total. The smallest absolute Gasteiger partial charge is 0.264 e. The SMILES string of the molecule is N/C(=C\NCCCCOCCN1CCN(c2nc(C3=C(c4c[nH]c5ccccc45)C(=O)NC3=O)c3ccccc3n2)CC1)CCOCCOCCNc1cccc2c1C(=O)N(C1CCC(=O)NC1=O)C2=O. The zero-order valence-electron chi connectivity index (χ0n) is 39.3. The summed E-state index contributed by atoms with van der Waals surface area (Å²) in [7, 11) is 0. The molecule has 0 bridgehead atoms. The van der Waals surface area contributed by atoms with E-state index in [2.05, 4.69) is 36.1 Å². The number of ether oxygens (including phenoxy) is 3. The summed E-state index contributed by atoms with van der Waals surface area (Å²) >= 11 is 0. The third kappa shape index (κ3) is 10.9. The van der Waals surface area contributed by atoms with Gasteiger partial charge < -0.3 is 40.5 Å². The molecule has 2 saturated heterocycles. The van der Waals surface area contributed by atoms with E-state index in [9.17, 15) is 28.8 Å². The van der Waals surface area contributed by atoms with Crippen LogP contribution in [0.4, 0.5) is 11.6 Å². The Hall–Kier alpha value is -7.52. The van der Waals surface area contributed by atoms with Gasteiger partial charge in [-0.2, -0.15) is 0 Å². The largest absolute Gasteiger partial charge is 0.401 e. The number of piperazine rings is 1. The van der Waals surface area contributed by atoms with Gasteiger partial charge in [0.25, 0.3) is 23.6 Å². The average Bonchev–Trinajstić information content (AvgIpc) is 4.01. The second-order valence-electron chi connectivity index (χ2n) is 17.6. The maximum absolute atomic E-state index is 13.5. The van der Waals surface area contributed by atoms with Gasteiger partial charge >= 0.3 is 0 Å². The molecule has 4 aliphatic heterocycles. The zero-order chi connectivity index (χ0) is 49.3. The molecule has 0 radical (unpaired) electrons. The highest BCUT2D eigenvalue weighted by molar-refractivity contribution is 6.50. The van der Waals surface area contributed by atoms with E-state index < -0.39 is 41.5 Å². The molecular weight excluding hydrogens is 911 g/mol. The van der Waals surface area contributed by atoms with Gasteiger partial charge in [-0.3, -0.25) is 49.2 Å². The van der Waals surface area contributed by atoms with Gasteiger partial charge in [-0.25, -0.2) is 9.97 Å². The molecule has 1 unspecified atom stereocenters. The van der Waals surface area contributed by atoms with E-state index in [1.54, 1.807) is 24.4 Å². The standard InChI is InChI=1S/C51H57N11O9/c52-32(16-25-70-28-29-71-26-18-54-39-13-7-10-35-42(39)50(68)62(49(35)67)40-14-15-41(63)57-46(40)64)30-53-17-5-6-24-69-27-23-60-19-21-61(22-20-60)51-56-38-12-4-2-9-34(38)45(58-51)44-43(47(65)59-48(44)66)36-31-55-37-11-3-1-8-33(36)37/h1-4,7-13,30-31,40,53-55H,5-6,14-29,52H2,(H,57,63,64)(H,59,65,66)/b32-30-. The van der Waals surface area contributed by atoms with Crippen molar-refractivity contribution in [3.63, 3.8) is 0 Å². The summed E-state index contributed by atoms with van der Waals surface area (Å²) in [5.74, 6) is -2.59. The van der Waals surface area contributed by atoms with Crippen molar-refractivity contribution in [2.45, 2.75) is 38.1 Å². The van der Waals surface area contributed by atoms with Gasteiger partial charge in [0, 0.05) is 111 Å². The first kappa shape index (κ1) is 48.5. The number of unbranched alkanes of at least 4 members (excludes halogenated alkanes) is 1. The predicted octanol–water partition coefficient (Wildman–Crippen LogP) is 2.92. The number of amides is 6. The number of hydrogen-bond donors (Lipinski definition) is 6. The van der Waals surface area contributed by atoms with Crippen molar-refractivity contribution in [1.29, 1.82) is 0 Å². The number of rotatable bonds is 23. The molecule has 2 aromatic heterocycles. The van der Waals surface area contributed by atoms with Crippen LogP contribution in [0, 0.1) is 0 Å². The molecule has 0 saturated carbocycles. The summed E-state index contributed by atoms with van der Waals surface area (Å²) in [5.41, 5.74) is 10.9. The van der Waals surface area contributed by atoms with Crippen molar-refractivity contribution in [2.75, 3.05) is 95.7 Å². The molecule has 0 spiro atoms. The van der Waals surface area contributed by atoms with Crippen LogP contribution < -0.4 is 31.9 Å². The summed E-state index contributed by atoms with van der Waals surface area (Å²) < 4.78 is 17.3. The summed E-state index contributed by atoms with van der Waals surface area (Å²) in [4.78, 5) is 95.6. The number of carbonyl (C=O) groups is 6. The minimum absolute atomic E-state index is 0.0584. The van der Waals surface area contributed by atoms with Crippen LogP contribution >= 0.6 is 0 Å². The molecule has 370 valence electrons. The van der Waals surface area contributed by atoms with Crippen molar-refractivity contribution in [3.05, 3.63) is 107 Å². The van der Waals surface area contributed by atoms with Gasteiger partial charge in [0.15, 0.2) is 0 Å². The van der Waals surface area contributed by atoms with Crippen LogP contribution in [0.2, 0.25) is 0 Å². The number of para-hydroxylation sites is 2. The number of H-pyrrole nitrogens is 1. The van der Waals surface area contributed by atoms with E-state index in [1.807, 2.05) is 54.7 Å². The van der Waals surface area contributed by atoms with Gasteiger partial charge in [0.05, 0.1) is 66.5 Å². The first-order chi connectivity index (χ1) is 34.7. The second-order valence-corrected chi connectivity index (χ2v) is 17.6. The fraction of sp³-hybridized carbons (Fsp3) is 0.373. The quantitative estimate of drug-likeness (QED) is 0.0407. The summed E-state index contributed by atoms with van der Waals surface area (Å²) in [5, 5.41) is 12.7. The van der Waals surface area contributed by atoms with Crippen LogP contribution in [0.3, 0.4) is 0 Å². The van der Waals surface area contributed by atoms with Gasteiger partial charge in [0.2, 0.25) is 17.8 Å². The molecule has 3 aromatic carbocycles. The molecule has 71 heavy (non-hydrogen) atoms. The van der Waals surface area contributed by atoms with Crippen molar-refractivity contribution in [3.8, 4) is 0 Å². The highest BCUT2D eigenvalue weighted by Gasteiger charge is 2.45. The number of nitrogens with two attached hydrogens (primary N) is 1. The first-order valence-corrected chi connectivity index (χ1v) is 24.1. The Morgan fingerprint density at radius 2 is 1.49 bits per heavy atom. The fourth-order valence-electron chi connectivity index (χ4n) is 9.22. The number of imide groups is 3. The van der Waals surface area contributed by atoms with E-state index in [0.29, 0.717) is 111 Å². The number of anilines is 2. The number of nitrogens with one attached hydrogen (secondary N) is 5. The number of aromatic amines is 1. The van der Waals surface area contributed by atoms with Crippen LogP contribution in [0.5, 0.6) is 0 Å². The van der Waals surface area contributed by atoms with Crippen molar-refractivity contribution >= 4 is 80.0 Å². The molecule has 6 heterocycles. The first-order valence-electron chi connectivity index (χ1n) is 24.1. The van der Waals surface area contributed by atoms with Gasteiger partial charge in [-0.1, -0.05) is 42.5 Å². The molecular formula is C51H57N11O9. The van der Waals surface area contributed by atoms with Crippen LogP contribution in [0.15, 0.2) is 84.8 Å². The average molecular weight is 968 g/mol. The summed E-state index contributed by atoms with van der Waals surface area (Å²) in [6.07, 6.45) is 6.14. The number of fused-ring (bicyclic) bond motifs is 3. The predicted molar refractivity (Wildman–Crippen MR) is 265 cm³/mol. The molecule has 6 amide bonds. The molecule has 2 fully saturated rings. The van der Waals surface area contributed by atoms with Crippen LogP contribution in [0.25, 0.3) is 33.0 Å². The molecule has 9 rings (SSSR count). The monoisotopic (exact) mass is 967 g/mol. The second kappa shape index (κ2) is 22.5. The Labute approximate surface area is 409 Å². The Bertz CT molecular complexity index is 2910. The lowest BCUT2D eigenvalue weighted by Crippen LogP contribution is -2.54. The number of piperidine rings is 1. The van der Waals surface area contributed by atoms with Crippen molar-refractivity contribution in [1.82, 2.24) is 40.7 Å². The molecule has 7 N–H and O–H groups in total. The van der Waals surface area contributed by atoms with E-state index >= 15 is 0 Å². The molecule has 0 aliphatic carbocycles. The lowest BCUT2D eigenvalue weighted by Gasteiger charge is -2.34. The highest BCUT2D eigenvalue weighted by atomic mass is 16.5. The molecule has 20 heteroatoms. The Balaban J connectivity index is 0.621. The number of benzene rings is 3. The number of carbonyl (C=O) groups excluding carboxylic acids is 6. The summed E-state index contributed by atoms with van der Waals surface area (Å²) in [6, 6.07) is 19.2. The number of hydrogen-bond acceptors (Lipinski definition) is 16. The maximum atomic E-state index is 13.5. The Morgan fingerprint density at radius 3 is 2.32 bits per heavy atom. The van der Waals surface area contributed by atoms with E-state index in [1.165, 1.54) is 0 Å². The fourth-order valence-corrected chi connectivity index (χ4v) is 9.22. The van der Waals surface area contributed by atoms with Crippen molar-refractivity contribution in [2.24, 2.45) is 5.73 Å². The van der Waals surface area contributed by atoms with E-state index in [4.69, 9.17) is 29.9 Å². The topological polar surface area (TPSA) is 256 Å². The van der Waals surface area contributed by atoms with E-state index in [0.717, 1.165) is 54.8 Å². The van der Waals surface area contributed by atoms with Crippen LogP contribution in [-0.4, -0.2) is 152 Å². The lowest BCUT2D eigenvalue weighted by atomic mass is 9.97. The number of aromatic nitrogens is 3. The highest BCUT2D eigenvalue weighted by Crippen LogP contribution is 2.37. The van der Waals surface area contributed by atoms with Crippen LogP contribution in [-0.2, 0) is 33.4 Å². The Kier molecular flexibility index (Phi) is 15.4. The minimum Gasteiger partial charge on any atom is -0.401 e. The maximum Gasteiger partial charge on any atom is 0.264 e. The van der Waals surface area contributed by atoms with Gasteiger partial charge in [-0.05, 0) is 43.5 Å².